The predicted molar refractivity (Wildman–Crippen MR) is 122 cm³/mol. The number of nitrogens with zero attached hydrogens (tertiary/aromatic N) is 1. The molecule has 1 amide bonds. The number of nitro groups is 1. The van der Waals surface area contributed by atoms with Crippen LogP contribution in [-0.4, -0.2) is 17.6 Å². The zero-order valence-electron chi connectivity index (χ0n) is 17.8. The van der Waals surface area contributed by atoms with Crippen LogP contribution in [0.25, 0.3) is 0 Å². The van der Waals surface area contributed by atoms with Gasteiger partial charge in [-0.3, -0.25) is 14.6 Å². The van der Waals surface area contributed by atoms with E-state index >= 15 is 0 Å². The molecular weight excluding hydrogens is 447 g/mol. The molecular formula is C23H23N2O7P. The average Bonchev–Trinajstić information content (AvgIpc) is 2.82. The van der Waals surface area contributed by atoms with Gasteiger partial charge in [0.15, 0.2) is 5.78 Å². The number of carbonyl (C=O) groups excluding carboxylic acids is 1. The fraction of sp³-hybridized carbons (Fsp3) is 0.174. The van der Waals surface area contributed by atoms with E-state index in [0.717, 1.165) is 5.56 Å². The van der Waals surface area contributed by atoms with Gasteiger partial charge in [-0.05, 0) is 42.3 Å². The van der Waals surface area contributed by atoms with Crippen LogP contribution in [0.1, 0.15) is 23.8 Å². The van der Waals surface area contributed by atoms with Crippen molar-refractivity contribution >= 4 is 19.4 Å². The quantitative estimate of drug-likeness (QED) is 0.225. The molecule has 3 rings (SSSR count). The SMILES string of the molecule is CCOP(=O)(Oc1ccccc1)C(NC(=O)OCc1ccccc1)c1ccc([N+](=O)[O-])cc1. The van der Waals surface area contributed by atoms with Crippen LogP contribution in [0.5, 0.6) is 5.75 Å². The molecule has 10 heteroatoms. The van der Waals surface area contributed by atoms with Crippen molar-refractivity contribution in [3.8, 4) is 5.75 Å². The Kier molecular flexibility index (Phi) is 8.18. The van der Waals surface area contributed by atoms with E-state index in [1.165, 1.54) is 24.3 Å². The molecule has 0 saturated heterocycles. The summed E-state index contributed by atoms with van der Waals surface area (Å²) in [5.41, 5.74) is 0.914. The summed E-state index contributed by atoms with van der Waals surface area (Å²) in [6.45, 7) is 1.67. The number of amides is 1. The fourth-order valence-electron chi connectivity index (χ4n) is 2.96. The Balaban J connectivity index is 1.89. The number of rotatable bonds is 10. The Hall–Kier alpha value is -3.68. The summed E-state index contributed by atoms with van der Waals surface area (Å²) >= 11 is 0. The summed E-state index contributed by atoms with van der Waals surface area (Å²) < 4.78 is 30.4. The molecule has 0 aliphatic rings. The van der Waals surface area contributed by atoms with Crippen molar-refractivity contribution in [1.29, 1.82) is 0 Å². The standard InChI is InChI=1S/C23H23N2O7P/c1-2-31-33(29,32-21-11-7-4-8-12-21)22(19-13-15-20(16-14-19)25(27)28)24-23(26)30-17-18-9-5-3-6-10-18/h3-16,22H,2,17H2,1H3,(H,24,26). The van der Waals surface area contributed by atoms with Crippen molar-refractivity contribution in [2.45, 2.75) is 19.3 Å². The van der Waals surface area contributed by atoms with Crippen molar-refractivity contribution in [2.75, 3.05) is 6.61 Å². The lowest BCUT2D eigenvalue weighted by Crippen LogP contribution is -2.31. The number of ether oxygens (including phenoxy) is 1. The van der Waals surface area contributed by atoms with Crippen LogP contribution >= 0.6 is 7.60 Å². The first kappa shape index (κ1) is 24.0. The van der Waals surface area contributed by atoms with Crippen LogP contribution in [0.3, 0.4) is 0 Å². The number of carbonyl (C=O) groups is 1. The Morgan fingerprint density at radius 3 is 2.18 bits per heavy atom. The molecule has 0 aliphatic carbocycles. The van der Waals surface area contributed by atoms with E-state index < -0.39 is 24.4 Å². The Bertz CT molecular complexity index is 1110. The van der Waals surface area contributed by atoms with Crippen LogP contribution < -0.4 is 9.84 Å². The van der Waals surface area contributed by atoms with E-state index in [1.54, 1.807) is 49.4 Å². The minimum absolute atomic E-state index is 0.00185. The third-order valence-corrected chi connectivity index (χ3v) is 6.63. The van der Waals surface area contributed by atoms with Gasteiger partial charge in [0.1, 0.15) is 12.4 Å². The molecule has 172 valence electrons. The average molecular weight is 470 g/mol. The van der Waals surface area contributed by atoms with E-state index in [-0.39, 0.29) is 24.7 Å². The second-order valence-corrected chi connectivity index (χ2v) is 8.86. The molecule has 0 aliphatic heterocycles. The second kappa shape index (κ2) is 11.3. The summed E-state index contributed by atoms with van der Waals surface area (Å²) in [6, 6.07) is 22.7. The van der Waals surface area contributed by atoms with E-state index in [2.05, 4.69) is 5.32 Å². The molecule has 33 heavy (non-hydrogen) atoms. The molecule has 9 nitrogen and oxygen atoms in total. The first-order valence-electron chi connectivity index (χ1n) is 10.1. The zero-order valence-corrected chi connectivity index (χ0v) is 18.7. The van der Waals surface area contributed by atoms with Gasteiger partial charge in [-0.1, -0.05) is 48.5 Å². The molecule has 2 unspecified atom stereocenters. The summed E-state index contributed by atoms with van der Waals surface area (Å²) in [5.74, 6) is -0.998. The third-order valence-electron chi connectivity index (χ3n) is 4.49. The first-order chi connectivity index (χ1) is 15.9. The number of benzene rings is 3. The van der Waals surface area contributed by atoms with Gasteiger partial charge in [0.05, 0.1) is 11.5 Å². The van der Waals surface area contributed by atoms with Crippen molar-refractivity contribution in [1.82, 2.24) is 5.32 Å². The number of para-hydroxylation sites is 1. The minimum Gasteiger partial charge on any atom is -0.445 e. The van der Waals surface area contributed by atoms with Crippen LogP contribution in [-0.2, 0) is 20.4 Å². The number of hydrogen-bond acceptors (Lipinski definition) is 7. The summed E-state index contributed by atoms with van der Waals surface area (Å²) in [6.07, 6.45) is -0.848. The van der Waals surface area contributed by atoms with E-state index in [1.807, 2.05) is 18.2 Å². The smallest absolute Gasteiger partial charge is 0.408 e. The maximum absolute atomic E-state index is 13.9. The Labute approximate surface area is 191 Å². The van der Waals surface area contributed by atoms with Gasteiger partial charge in [0.2, 0.25) is 0 Å². The highest BCUT2D eigenvalue weighted by Crippen LogP contribution is 2.59. The summed E-state index contributed by atoms with van der Waals surface area (Å²) in [7, 11) is -4.04. The van der Waals surface area contributed by atoms with Gasteiger partial charge >= 0.3 is 13.7 Å². The van der Waals surface area contributed by atoms with Crippen LogP contribution in [0.2, 0.25) is 0 Å². The highest BCUT2D eigenvalue weighted by molar-refractivity contribution is 7.54. The Morgan fingerprint density at radius 1 is 1.00 bits per heavy atom. The lowest BCUT2D eigenvalue weighted by Gasteiger charge is -2.27. The van der Waals surface area contributed by atoms with E-state index in [9.17, 15) is 19.5 Å². The highest BCUT2D eigenvalue weighted by atomic mass is 31.2. The van der Waals surface area contributed by atoms with Gasteiger partial charge in [-0.15, -0.1) is 0 Å². The number of non-ortho nitro benzene ring substituents is 1. The van der Waals surface area contributed by atoms with Gasteiger partial charge in [-0.25, -0.2) is 9.36 Å². The summed E-state index contributed by atoms with van der Waals surface area (Å²) in [4.78, 5) is 23.1. The first-order valence-corrected chi connectivity index (χ1v) is 11.7. The van der Waals surface area contributed by atoms with Crippen molar-refractivity contribution < 1.29 is 28.1 Å². The van der Waals surface area contributed by atoms with Crippen LogP contribution in [0, 0.1) is 10.1 Å². The number of nitro benzene ring substituents is 1. The molecule has 0 fully saturated rings. The van der Waals surface area contributed by atoms with E-state index in [0.29, 0.717) is 5.56 Å². The number of nitrogens with one attached hydrogen (secondary N) is 1. The lowest BCUT2D eigenvalue weighted by molar-refractivity contribution is -0.384. The lowest BCUT2D eigenvalue weighted by atomic mass is 10.2. The van der Waals surface area contributed by atoms with Gasteiger partial charge in [-0.2, -0.15) is 0 Å². The molecule has 0 radical (unpaired) electrons. The summed E-state index contributed by atoms with van der Waals surface area (Å²) in [5, 5.41) is 13.6. The third kappa shape index (κ3) is 6.65. The zero-order chi connectivity index (χ0) is 23.7. The van der Waals surface area contributed by atoms with Gasteiger partial charge in [0.25, 0.3) is 5.69 Å². The molecule has 0 spiro atoms. The molecule has 0 bridgehead atoms. The Morgan fingerprint density at radius 2 is 1.61 bits per heavy atom. The molecule has 0 saturated carbocycles. The molecule has 0 heterocycles. The highest BCUT2D eigenvalue weighted by Gasteiger charge is 2.40. The minimum atomic E-state index is -4.04. The molecule has 1 N–H and O–H groups in total. The maximum atomic E-state index is 13.9. The molecule has 3 aromatic carbocycles. The van der Waals surface area contributed by atoms with Crippen molar-refractivity contribution in [2.24, 2.45) is 0 Å². The second-order valence-electron chi connectivity index (χ2n) is 6.82. The van der Waals surface area contributed by atoms with Gasteiger partial charge < -0.3 is 14.6 Å². The molecule has 2 atom stereocenters. The van der Waals surface area contributed by atoms with Crippen molar-refractivity contribution in [3.05, 3.63) is 106 Å². The maximum Gasteiger partial charge on any atom is 0.408 e. The van der Waals surface area contributed by atoms with Crippen LogP contribution in [0.15, 0.2) is 84.9 Å². The topological polar surface area (TPSA) is 117 Å². The normalized spacial score (nSPS) is 13.4. The van der Waals surface area contributed by atoms with Gasteiger partial charge in [0, 0.05) is 12.1 Å². The molecule has 0 aromatic heterocycles. The predicted octanol–water partition coefficient (Wildman–Crippen LogP) is 5.83. The number of hydrogen-bond donors (Lipinski definition) is 1. The largest absolute Gasteiger partial charge is 0.445 e. The van der Waals surface area contributed by atoms with Crippen LogP contribution in [0.4, 0.5) is 10.5 Å². The fourth-order valence-corrected chi connectivity index (χ4v) is 4.84. The molecule has 3 aromatic rings. The number of alkyl carbamates (subject to hydrolysis) is 1. The van der Waals surface area contributed by atoms with E-state index in [4.69, 9.17) is 13.8 Å². The van der Waals surface area contributed by atoms with Crippen molar-refractivity contribution in [3.63, 3.8) is 0 Å². The monoisotopic (exact) mass is 470 g/mol.